The normalized spacial score (nSPS) is 10.9. The zero-order chi connectivity index (χ0) is 14.5. The molecule has 0 atom stereocenters. The van der Waals surface area contributed by atoms with Crippen LogP contribution in [0.2, 0.25) is 0 Å². The first kappa shape index (κ1) is 17.6. The molecule has 0 aliphatic rings. The molecule has 0 bridgehead atoms. The highest BCUT2D eigenvalue weighted by molar-refractivity contribution is 7.93. The molecule has 0 unspecified atom stereocenters. The summed E-state index contributed by atoms with van der Waals surface area (Å²) in [6, 6.07) is 8.26. The van der Waals surface area contributed by atoms with E-state index in [0.29, 0.717) is 0 Å². The van der Waals surface area contributed by atoms with Crippen molar-refractivity contribution in [2.45, 2.75) is 82.4 Å². The number of hydrogen-bond donors (Lipinski definition) is 1. The molecule has 0 fully saturated rings. The van der Waals surface area contributed by atoms with E-state index in [1.807, 2.05) is 12.1 Å². The fourth-order valence-electron chi connectivity index (χ4n) is 2.53. The number of hydrogen-bond acceptors (Lipinski definition) is 2. The summed E-state index contributed by atoms with van der Waals surface area (Å²) in [5, 5.41) is 0. The molecule has 0 heterocycles. The molecular formula is C18H30OS. The molecule has 20 heavy (non-hydrogen) atoms. The van der Waals surface area contributed by atoms with E-state index in [1.165, 1.54) is 76.2 Å². The predicted molar refractivity (Wildman–Crippen MR) is 90.5 cm³/mol. The first-order chi connectivity index (χ1) is 9.86. The maximum Gasteiger partial charge on any atom is 0.0351 e. The van der Waals surface area contributed by atoms with Crippen molar-refractivity contribution in [3.63, 3.8) is 0 Å². The average molecular weight is 295 g/mol. The van der Waals surface area contributed by atoms with E-state index in [9.17, 15) is 0 Å². The first-order valence-corrected chi connectivity index (χ1v) is 9.04. The van der Waals surface area contributed by atoms with E-state index in [2.05, 4.69) is 19.1 Å². The minimum atomic E-state index is 0.822. The lowest BCUT2D eigenvalue weighted by Crippen LogP contribution is -1.86. The van der Waals surface area contributed by atoms with Crippen LogP contribution < -0.4 is 0 Å². The zero-order valence-electron chi connectivity index (χ0n) is 12.9. The van der Waals surface area contributed by atoms with Crippen LogP contribution in [0.15, 0.2) is 29.2 Å². The third-order valence-corrected chi connectivity index (χ3v) is 4.33. The largest absolute Gasteiger partial charge is 0.325 e. The Kier molecular flexibility index (Phi) is 10.8. The Bertz CT molecular complexity index is 321. The van der Waals surface area contributed by atoms with Gasteiger partial charge in [-0.1, -0.05) is 76.8 Å². The van der Waals surface area contributed by atoms with E-state index in [1.54, 1.807) is 0 Å². The molecule has 1 nitrogen and oxygen atoms in total. The van der Waals surface area contributed by atoms with Crippen LogP contribution in [0.4, 0.5) is 0 Å². The lowest BCUT2D eigenvalue weighted by molar-refractivity contribution is 0.556. The second kappa shape index (κ2) is 12.3. The van der Waals surface area contributed by atoms with Gasteiger partial charge in [-0.25, -0.2) is 0 Å². The maximum absolute atomic E-state index is 8.91. The van der Waals surface area contributed by atoms with Crippen LogP contribution in [0.3, 0.4) is 0 Å². The quantitative estimate of drug-likeness (QED) is 0.341. The summed E-state index contributed by atoms with van der Waals surface area (Å²) >= 11 is 0.822. The average Bonchev–Trinajstić information content (AvgIpc) is 2.50. The van der Waals surface area contributed by atoms with Crippen molar-refractivity contribution in [1.29, 1.82) is 0 Å². The van der Waals surface area contributed by atoms with E-state index in [0.717, 1.165) is 16.9 Å². The molecule has 0 saturated heterocycles. The highest BCUT2D eigenvalue weighted by Crippen LogP contribution is 2.16. The van der Waals surface area contributed by atoms with Gasteiger partial charge in [-0.15, -0.1) is 0 Å². The number of aryl methyl sites for hydroxylation is 1. The number of benzene rings is 1. The molecule has 1 N–H and O–H groups in total. The minimum Gasteiger partial charge on any atom is -0.325 e. The van der Waals surface area contributed by atoms with Crippen LogP contribution in [0.1, 0.15) is 76.7 Å². The second-order valence-corrected chi connectivity index (χ2v) is 6.32. The number of rotatable bonds is 12. The monoisotopic (exact) mass is 294 g/mol. The molecule has 0 aliphatic carbocycles. The summed E-state index contributed by atoms with van der Waals surface area (Å²) in [6.07, 6.45) is 15.1. The Morgan fingerprint density at radius 2 is 1.25 bits per heavy atom. The van der Waals surface area contributed by atoms with Crippen LogP contribution >= 0.6 is 12.0 Å². The molecule has 1 aromatic carbocycles. The highest BCUT2D eigenvalue weighted by atomic mass is 32.2. The van der Waals surface area contributed by atoms with Gasteiger partial charge < -0.3 is 4.55 Å². The van der Waals surface area contributed by atoms with Gasteiger partial charge in [0.25, 0.3) is 0 Å². The molecule has 0 spiro atoms. The molecule has 0 radical (unpaired) electrons. The second-order valence-electron chi connectivity index (χ2n) is 5.67. The molecule has 1 aromatic rings. The lowest BCUT2D eigenvalue weighted by Gasteiger charge is -2.03. The fraction of sp³-hybridized carbons (Fsp3) is 0.667. The lowest BCUT2D eigenvalue weighted by atomic mass is 10.0. The van der Waals surface area contributed by atoms with Crippen LogP contribution in [0.5, 0.6) is 0 Å². The summed E-state index contributed by atoms with van der Waals surface area (Å²) in [4.78, 5) is 0.928. The summed E-state index contributed by atoms with van der Waals surface area (Å²) < 4.78 is 8.91. The molecule has 0 aromatic heterocycles. The summed E-state index contributed by atoms with van der Waals surface area (Å²) in [5.74, 6) is 0. The van der Waals surface area contributed by atoms with Crippen LogP contribution in [-0.2, 0) is 6.42 Å². The van der Waals surface area contributed by atoms with E-state index in [4.69, 9.17) is 4.55 Å². The Hall–Kier alpha value is -0.470. The van der Waals surface area contributed by atoms with Gasteiger partial charge in [0, 0.05) is 16.9 Å². The Morgan fingerprint density at radius 3 is 1.75 bits per heavy atom. The molecule has 114 valence electrons. The summed E-state index contributed by atoms with van der Waals surface area (Å²) in [5.41, 5.74) is 1.39. The van der Waals surface area contributed by atoms with Crippen molar-refractivity contribution in [2.75, 3.05) is 0 Å². The smallest absolute Gasteiger partial charge is 0.0351 e. The topological polar surface area (TPSA) is 20.2 Å². The maximum atomic E-state index is 8.91. The molecule has 0 saturated carbocycles. The van der Waals surface area contributed by atoms with Gasteiger partial charge in [0.1, 0.15) is 0 Å². The summed E-state index contributed by atoms with van der Waals surface area (Å²) in [7, 11) is 0. The molecule has 1 rings (SSSR count). The third kappa shape index (κ3) is 8.65. The van der Waals surface area contributed by atoms with Gasteiger partial charge in [-0.05, 0) is 30.5 Å². The van der Waals surface area contributed by atoms with Crippen molar-refractivity contribution in [3.8, 4) is 0 Å². The van der Waals surface area contributed by atoms with Gasteiger partial charge in [0.2, 0.25) is 0 Å². The van der Waals surface area contributed by atoms with E-state index >= 15 is 0 Å². The molecular weight excluding hydrogens is 264 g/mol. The molecule has 2 heteroatoms. The van der Waals surface area contributed by atoms with Crippen LogP contribution in [0.25, 0.3) is 0 Å². The molecule has 0 amide bonds. The van der Waals surface area contributed by atoms with Gasteiger partial charge in [0.05, 0.1) is 0 Å². The van der Waals surface area contributed by atoms with Gasteiger partial charge in [-0.3, -0.25) is 0 Å². The van der Waals surface area contributed by atoms with Gasteiger partial charge >= 0.3 is 0 Å². The fourth-order valence-corrected chi connectivity index (χ4v) is 2.79. The third-order valence-electron chi connectivity index (χ3n) is 3.85. The van der Waals surface area contributed by atoms with Crippen molar-refractivity contribution < 1.29 is 4.55 Å². The van der Waals surface area contributed by atoms with Crippen molar-refractivity contribution in [1.82, 2.24) is 0 Å². The van der Waals surface area contributed by atoms with Crippen molar-refractivity contribution in [2.24, 2.45) is 0 Å². The number of unbranched alkanes of at least 4 members (excludes halogenated alkanes) is 9. The van der Waals surface area contributed by atoms with Crippen molar-refractivity contribution in [3.05, 3.63) is 29.8 Å². The van der Waals surface area contributed by atoms with E-state index < -0.39 is 0 Å². The van der Waals surface area contributed by atoms with Gasteiger partial charge in [-0.2, -0.15) is 0 Å². The SMILES string of the molecule is CCCCCCCCCCCCc1ccc(SO)cc1. The minimum absolute atomic E-state index is 0.822. The van der Waals surface area contributed by atoms with Crippen LogP contribution in [0, 0.1) is 0 Å². The zero-order valence-corrected chi connectivity index (χ0v) is 13.8. The summed E-state index contributed by atoms with van der Waals surface area (Å²) in [6.45, 7) is 2.27. The highest BCUT2D eigenvalue weighted by Gasteiger charge is 1.96. The standard InChI is InChI=1S/C18H30OS/c1-2-3-4-5-6-7-8-9-10-11-12-17-13-15-18(20-19)16-14-17/h13-16,19H,2-12H2,1H3. The van der Waals surface area contributed by atoms with Gasteiger partial charge in [0.15, 0.2) is 0 Å². The first-order valence-electron chi connectivity index (χ1n) is 8.27. The Labute approximate surface area is 129 Å². The Morgan fingerprint density at radius 1 is 0.750 bits per heavy atom. The van der Waals surface area contributed by atoms with Crippen molar-refractivity contribution >= 4 is 12.0 Å². The van der Waals surface area contributed by atoms with E-state index in [-0.39, 0.29) is 0 Å². The Balaban J connectivity index is 1.91. The molecule has 0 aliphatic heterocycles. The van der Waals surface area contributed by atoms with Crippen LogP contribution in [-0.4, -0.2) is 4.55 Å². The predicted octanol–water partition coefficient (Wildman–Crippen LogP) is 6.72.